The quantitative estimate of drug-likeness (QED) is 0.654. The zero-order valence-electron chi connectivity index (χ0n) is 15.8. The number of hydrogen-bond donors (Lipinski definition) is 2. The Bertz CT molecular complexity index is 1210. The largest absolute Gasteiger partial charge is 0.363 e. The molecule has 30 heavy (non-hydrogen) atoms. The van der Waals surface area contributed by atoms with Gasteiger partial charge in [-0.25, -0.2) is 17.9 Å². The van der Waals surface area contributed by atoms with Gasteiger partial charge in [0.1, 0.15) is 5.82 Å². The van der Waals surface area contributed by atoms with E-state index in [9.17, 15) is 22.7 Å². The first-order chi connectivity index (χ1) is 14.2. The van der Waals surface area contributed by atoms with Crippen LogP contribution in [0.1, 0.15) is 27.0 Å². The molecule has 1 aliphatic heterocycles. The van der Waals surface area contributed by atoms with Gasteiger partial charge in [0.25, 0.3) is 5.91 Å². The average molecular weight is 426 g/mol. The lowest BCUT2D eigenvalue weighted by atomic mass is 9.93. The molecule has 1 heterocycles. The van der Waals surface area contributed by atoms with E-state index in [0.29, 0.717) is 23.1 Å². The van der Waals surface area contributed by atoms with Crippen molar-refractivity contribution in [3.63, 3.8) is 0 Å². The number of hydrogen-bond acceptors (Lipinski definition) is 4. The fraction of sp³-hybridized carbons (Fsp3) is 0.136. The summed E-state index contributed by atoms with van der Waals surface area (Å²) in [6.07, 6.45) is 0.369. The monoisotopic (exact) mass is 426 g/mol. The molecule has 8 heteroatoms. The minimum absolute atomic E-state index is 0.00118. The number of benzene rings is 3. The second kappa shape index (κ2) is 7.32. The number of carbonyl (C=O) groups is 1. The second-order valence-corrected chi connectivity index (χ2v) is 8.68. The van der Waals surface area contributed by atoms with Crippen LogP contribution in [0.15, 0.2) is 77.7 Å². The highest BCUT2D eigenvalue weighted by atomic mass is 32.2. The van der Waals surface area contributed by atoms with Gasteiger partial charge >= 0.3 is 0 Å². The number of fused-ring (bicyclic) bond motifs is 1. The van der Waals surface area contributed by atoms with Crippen LogP contribution in [0.4, 0.5) is 4.39 Å². The van der Waals surface area contributed by atoms with Crippen molar-refractivity contribution in [2.45, 2.75) is 17.0 Å². The van der Waals surface area contributed by atoms with Crippen LogP contribution < -0.4 is 5.14 Å². The number of aliphatic hydroxyl groups is 1. The smallest absolute Gasteiger partial charge is 0.257 e. The second-order valence-electron chi connectivity index (χ2n) is 7.12. The Kier molecular flexibility index (Phi) is 4.93. The van der Waals surface area contributed by atoms with Crippen LogP contribution in [0.5, 0.6) is 0 Å². The molecule has 0 radical (unpaired) electrons. The highest BCUT2D eigenvalue weighted by Gasteiger charge is 2.49. The molecule has 0 fully saturated rings. The molecule has 1 amide bonds. The fourth-order valence-corrected chi connectivity index (χ4v) is 4.27. The first-order valence-corrected chi connectivity index (χ1v) is 10.8. The van der Waals surface area contributed by atoms with Gasteiger partial charge < -0.3 is 10.0 Å². The number of amides is 1. The summed E-state index contributed by atoms with van der Waals surface area (Å²) in [6, 6.07) is 18.2. The maximum absolute atomic E-state index is 13.4. The van der Waals surface area contributed by atoms with Gasteiger partial charge in [-0.05, 0) is 42.3 Å². The third-order valence-electron chi connectivity index (χ3n) is 5.29. The molecular weight excluding hydrogens is 407 g/mol. The van der Waals surface area contributed by atoms with E-state index in [-0.39, 0.29) is 17.3 Å². The summed E-state index contributed by atoms with van der Waals surface area (Å²) in [5, 5.41) is 16.8. The number of primary sulfonamides is 1. The van der Waals surface area contributed by atoms with E-state index in [1.54, 1.807) is 36.4 Å². The first kappa shape index (κ1) is 20.2. The van der Waals surface area contributed by atoms with Crippen LogP contribution in [0, 0.1) is 5.82 Å². The van der Waals surface area contributed by atoms with Crippen molar-refractivity contribution in [3.8, 4) is 0 Å². The minimum atomic E-state index is -3.79. The maximum atomic E-state index is 13.4. The van der Waals surface area contributed by atoms with E-state index in [2.05, 4.69) is 0 Å². The number of rotatable bonds is 5. The van der Waals surface area contributed by atoms with Crippen molar-refractivity contribution in [2.24, 2.45) is 5.14 Å². The summed E-state index contributed by atoms with van der Waals surface area (Å²) in [6.45, 7) is 0.163. The summed E-state index contributed by atoms with van der Waals surface area (Å²) >= 11 is 0. The lowest BCUT2D eigenvalue weighted by molar-refractivity contribution is -0.0494. The molecule has 3 aromatic rings. The molecule has 0 saturated heterocycles. The number of halogens is 1. The van der Waals surface area contributed by atoms with E-state index in [1.807, 2.05) is 0 Å². The molecule has 4 rings (SSSR count). The molecule has 1 unspecified atom stereocenters. The van der Waals surface area contributed by atoms with Gasteiger partial charge in [0.2, 0.25) is 10.0 Å². The SMILES string of the molecule is NS(=O)(=O)c1ccc(CCN2C(=O)c3ccccc3C2(O)c2ccc(F)cc2)cc1. The summed E-state index contributed by atoms with van der Waals surface area (Å²) in [5.41, 5.74) is 0.238. The Labute approximate surface area is 173 Å². The third kappa shape index (κ3) is 3.39. The molecule has 0 bridgehead atoms. The highest BCUT2D eigenvalue weighted by Crippen LogP contribution is 2.42. The Morgan fingerprint density at radius 2 is 1.60 bits per heavy atom. The van der Waals surface area contributed by atoms with E-state index < -0.39 is 21.6 Å². The molecule has 0 saturated carbocycles. The third-order valence-corrected chi connectivity index (χ3v) is 6.22. The van der Waals surface area contributed by atoms with Crippen molar-refractivity contribution in [1.29, 1.82) is 0 Å². The molecule has 1 atom stereocenters. The molecule has 1 aliphatic rings. The standard InChI is InChI=1S/C22H19FN2O4S/c23-17-9-7-16(8-10-17)22(27)20-4-2-1-3-19(20)21(26)25(22)14-13-15-5-11-18(12-6-15)30(24,28)29/h1-12,27H,13-14H2,(H2,24,28,29). The van der Waals surface area contributed by atoms with Gasteiger partial charge in [0.15, 0.2) is 5.72 Å². The number of nitrogens with two attached hydrogens (primary N) is 1. The van der Waals surface area contributed by atoms with Crippen LogP contribution in [0.25, 0.3) is 0 Å². The number of sulfonamides is 1. The Balaban J connectivity index is 1.67. The van der Waals surface area contributed by atoms with Crippen LogP contribution in [-0.2, 0) is 22.2 Å². The Morgan fingerprint density at radius 1 is 0.967 bits per heavy atom. The normalized spacial score (nSPS) is 18.5. The van der Waals surface area contributed by atoms with Gasteiger partial charge in [0.05, 0.1) is 4.90 Å². The molecule has 6 nitrogen and oxygen atoms in total. The maximum Gasteiger partial charge on any atom is 0.257 e. The lowest BCUT2D eigenvalue weighted by Crippen LogP contribution is -2.45. The van der Waals surface area contributed by atoms with Crippen LogP contribution in [-0.4, -0.2) is 30.9 Å². The molecule has 3 aromatic carbocycles. The van der Waals surface area contributed by atoms with Gasteiger partial charge in [0, 0.05) is 23.2 Å². The van der Waals surface area contributed by atoms with Gasteiger partial charge in [-0.3, -0.25) is 4.79 Å². The summed E-state index contributed by atoms with van der Waals surface area (Å²) in [5.74, 6) is -0.778. The van der Waals surface area contributed by atoms with Crippen LogP contribution in [0.2, 0.25) is 0 Å². The van der Waals surface area contributed by atoms with Crippen molar-refractivity contribution in [1.82, 2.24) is 4.90 Å². The fourth-order valence-electron chi connectivity index (χ4n) is 3.76. The van der Waals surface area contributed by atoms with Gasteiger partial charge in [-0.2, -0.15) is 0 Å². The topological polar surface area (TPSA) is 101 Å². The van der Waals surface area contributed by atoms with Gasteiger partial charge in [-0.1, -0.05) is 42.5 Å². The van der Waals surface area contributed by atoms with Crippen molar-refractivity contribution in [2.75, 3.05) is 6.54 Å². The predicted octanol–water partition coefficient (Wildman–Crippen LogP) is 2.37. The van der Waals surface area contributed by atoms with Crippen molar-refractivity contribution in [3.05, 3.63) is 101 Å². The van der Waals surface area contributed by atoms with Crippen molar-refractivity contribution >= 4 is 15.9 Å². The van der Waals surface area contributed by atoms with E-state index in [0.717, 1.165) is 5.56 Å². The molecule has 0 aromatic heterocycles. The molecule has 0 spiro atoms. The van der Waals surface area contributed by atoms with Crippen LogP contribution >= 0.6 is 0 Å². The Hall–Kier alpha value is -3.07. The average Bonchev–Trinajstić information content (AvgIpc) is 2.95. The van der Waals surface area contributed by atoms with E-state index >= 15 is 0 Å². The molecule has 3 N–H and O–H groups in total. The molecule has 154 valence electrons. The number of carbonyl (C=O) groups excluding carboxylic acids is 1. The first-order valence-electron chi connectivity index (χ1n) is 9.23. The zero-order chi connectivity index (χ0) is 21.5. The molecule has 0 aliphatic carbocycles. The summed E-state index contributed by atoms with van der Waals surface area (Å²) < 4.78 is 36.3. The molecular formula is C22H19FN2O4S. The summed E-state index contributed by atoms with van der Waals surface area (Å²) in [4.78, 5) is 14.4. The van der Waals surface area contributed by atoms with Crippen LogP contribution in [0.3, 0.4) is 0 Å². The predicted molar refractivity (Wildman–Crippen MR) is 108 cm³/mol. The minimum Gasteiger partial charge on any atom is -0.363 e. The highest BCUT2D eigenvalue weighted by molar-refractivity contribution is 7.89. The van der Waals surface area contributed by atoms with Crippen molar-refractivity contribution < 1.29 is 22.7 Å². The summed E-state index contributed by atoms with van der Waals surface area (Å²) in [7, 11) is -3.79. The zero-order valence-corrected chi connectivity index (χ0v) is 16.6. The lowest BCUT2D eigenvalue weighted by Gasteiger charge is -2.35. The Morgan fingerprint density at radius 3 is 2.23 bits per heavy atom. The number of nitrogens with zero attached hydrogens (tertiary/aromatic N) is 1. The van der Waals surface area contributed by atoms with E-state index in [1.165, 1.54) is 41.3 Å². The van der Waals surface area contributed by atoms with Gasteiger partial charge in [-0.15, -0.1) is 0 Å². The van der Waals surface area contributed by atoms with E-state index in [4.69, 9.17) is 5.14 Å².